The molecule has 3 atom stereocenters. The Morgan fingerprint density at radius 2 is 2.13 bits per heavy atom. The molecule has 0 unspecified atom stereocenters. The van der Waals surface area contributed by atoms with E-state index in [1.54, 1.807) is 0 Å². The normalized spacial score (nSPS) is 28.6. The Balaban J connectivity index is 1.50. The van der Waals surface area contributed by atoms with E-state index >= 15 is 0 Å². The zero-order chi connectivity index (χ0) is 16.4. The summed E-state index contributed by atoms with van der Waals surface area (Å²) in [5.74, 6) is -0.927. The van der Waals surface area contributed by atoms with Gasteiger partial charge in [0.05, 0.1) is 12.6 Å². The Morgan fingerprint density at radius 3 is 2.74 bits per heavy atom. The van der Waals surface area contributed by atoms with E-state index in [4.69, 9.17) is 14.2 Å². The van der Waals surface area contributed by atoms with E-state index in [1.165, 1.54) is 0 Å². The van der Waals surface area contributed by atoms with Crippen LogP contribution in [0.15, 0.2) is 30.3 Å². The third-order valence-electron chi connectivity index (χ3n) is 3.87. The highest BCUT2D eigenvalue weighted by Crippen LogP contribution is 2.27. The summed E-state index contributed by atoms with van der Waals surface area (Å²) in [6.07, 6.45) is -0.918. The van der Waals surface area contributed by atoms with Gasteiger partial charge in [-0.1, -0.05) is 30.3 Å². The number of hydrogen-bond donors (Lipinski definition) is 2. The Labute approximate surface area is 134 Å². The molecular weight excluding hydrogens is 300 g/mol. The van der Waals surface area contributed by atoms with Crippen molar-refractivity contribution in [2.75, 3.05) is 6.61 Å². The van der Waals surface area contributed by atoms with Gasteiger partial charge in [-0.3, -0.25) is 4.79 Å². The lowest BCUT2D eigenvalue weighted by atomic mass is 9.94. The van der Waals surface area contributed by atoms with Crippen LogP contribution in [0.4, 0.5) is 4.79 Å². The molecule has 1 aromatic rings. The number of hydrogen-bond acceptors (Lipinski definition) is 5. The number of rotatable bonds is 4. The summed E-state index contributed by atoms with van der Waals surface area (Å²) in [5.41, 5.74) is 0.881. The van der Waals surface area contributed by atoms with Gasteiger partial charge in [0.2, 0.25) is 5.91 Å². The number of ether oxygens (including phenoxy) is 3. The molecule has 2 aliphatic rings. The SMILES string of the molecule is CC1(C)OC[C@@H]([C@H]2NC(=O)[C@H]2NC(=O)OCc2ccccc2)O1. The fraction of sp³-hybridized carbons (Fsp3) is 0.500. The summed E-state index contributed by atoms with van der Waals surface area (Å²) in [7, 11) is 0. The van der Waals surface area contributed by atoms with Crippen molar-refractivity contribution < 1.29 is 23.8 Å². The number of carbonyl (C=O) groups excluding carboxylic acids is 2. The van der Waals surface area contributed by atoms with Gasteiger partial charge in [0, 0.05) is 0 Å². The molecule has 0 saturated carbocycles. The first-order chi connectivity index (χ1) is 10.9. The fourth-order valence-corrected chi connectivity index (χ4v) is 2.65. The van der Waals surface area contributed by atoms with Gasteiger partial charge in [0.25, 0.3) is 0 Å². The van der Waals surface area contributed by atoms with Crippen molar-refractivity contribution in [1.82, 2.24) is 10.6 Å². The summed E-state index contributed by atoms with van der Waals surface area (Å²) in [5, 5.41) is 5.32. The molecule has 7 heteroatoms. The van der Waals surface area contributed by atoms with Gasteiger partial charge in [0.1, 0.15) is 18.8 Å². The zero-order valence-corrected chi connectivity index (χ0v) is 13.1. The smallest absolute Gasteiger partial charge is 0.408 e. The van der Waals surface area contributed by atoms with Gasteiger partial charge in [-0.25, -0.2) is 4.79 Å². The standard InChI is InChI=1S/C16H20N2O5/c1-16(2)22-9-11(23-16)12-13(14(19)17-12)18-15(20)21-8-10-6-4-3-5-7-10/h3-7,11-13H,8-9H2,1-2H3,(H,17,19)(H,18,20)/t11-,12+,13-/m0/s1. The highest BCUT2D eigenvalue weighted by molar-refractivity contribution is 5.92. The van der Waals surface area contributed by atoms with Crippen molar-refractivity contribution in [2.24, 2.45) is 0 Å². The lowest BCUT2D eigenvalue weighted by Crippen LogP contribution is -2.73. The van der Waals surface area contributed by atoms with Crippen LogP contribution >= 0.6 is 0 Å². The van der Waals surface area contributed by atoms with E-state index in [1.807, 2.05) is 44.2 Å². The number of carbonyl (C=O) groups is 2. The van der Waals surface area contributed by atoms with Gasteiger partial charge in [-0.05, 0) is 19.4 Å². The lowest BCUT2D eigenvalue weighted by Gasteiger charge is -2.39. The van der Waals surface area contributed by atoms with Crippen molar-refractivity contribution in [3.8, 4) is 0 Å². The van der Waals surface area contributed by atoms with Crippen LogP contribution in [-0.4, -0.2) is 42.6 Å². The average molecular weight is 320 g/mol. The van der Waals surface area contributed by atoms with E-state index in [-0.39, 0.29) is 24.7 Å². The molecule has 1 aromatic carbocycles. The molecular formula is C16H20N2O5. The van der Waals surface area contributed by atoms with Crippen LogP contribution in [0.3, 0.4) is 0 Å². The highest BCUT2D eigenvalue weighted by Gasteiger charge is 2.50. The maximum absolute atomic E-state index is 11.9. The average Bonchev–Trinajstić information content (AvgIpc) is 2.88. The quantitative estimate of drug-likeness (QED) is 0.806. The number of alkyl carbamates (subject to hydrolysis) is 1. The molecule has 23 heavy (non-hydrogen) atoms. The third-order valence-corrected chi connectivity index (χ3v) is 3.87. The Morgan fingerprint density at radius 1 is 1.39 bits per heavy atom. The summed E-state index contributed by atoms with van der Waals surface area (Å²) >= 11 is 0. The van der Waals surface area contributed by atoms with Crippen molar-refractivity contribution in [1.29, 1.82) is 0 Å². The Kier molecular flexibility index (Phi) is 4.23. The van der Waals surface area contributed by atoms with Crippen LogP contribution in [0.2, 0.25) is 0 Å². The maximum Gasteiger partial charge on any atom is 0.408 e. The van der Waals surface area contributed by atoms with Crippen LogP contribution < -0.4 is 10.6 Å². The van der Waals surface area contributed by atoms with E-state index in [9.17, 15) is 9.59 Å². The minimum absolute atomic E-state index is 0.155. The van der Waals surface area contributed by atoms with Crippen LogP contribution in [-0.2, 0) is 25.6 Å². The predicted octanol–water partition coefficient (Wildman–Crippen LogP) is 0.931. The number of benzene rings is 1. The Hall–Kier alpha value is -2.12. The predicted molar refractivity (Wildman–Crippen MR) is 80.4 cm³/mol. The van der Waals surface area contributed by atoms with Gasteiger partial charge < -0.3 is 24.8 Å². The molecule has 2 saturated heterocycles. The number of amides is 2. The van der Waals surface area contributed by atoms with Crippen LogP contribution in [0.1, 0.15) is 19.4 Å². The molecule has 3 rings (SSSR count). The molecule has 7 nitrogen and oxygen atoms in total. The molecule has 2 heterocycles. The van der Waals surface area contributed by atoms with Gasteiger partial charge in [0.15, 0.2) is 5.79 Å². The molecule has 0 aliphatic carbocycles. The minimum Gasteiger partial charge on any atom is -0.445 e. The molecule has 2 amide bonds. The Bertz CT molecular complexity index is 589. The fourth-order valence-electron chi connectivity index (χ4n) is 2.65. The van der Waals surface area contributed by atoms with Gasteiger partial charge in [-0.15, -0.1) is 0 Å². The van der Waals surface area contributed by atoms with Crippen molar-refractivity contribution in [3.63, 3.8) is 0 Å². The second-order valence-corrected chi connectivity index (χ2v) is 6.09. The van der Waals surface area contributed by atoms with Crippen molar-refractivity contribution in [2.45, 2.75) is 44.4 Å². The molecule has 2 aliphatic heterocycles. The van der Waals surface area contributed by atoms with Gasteiger partial charge in [-0.2, -0.15) is 0 Å². The molecule has 2 fully saturated rings. The van der Waals surface area contributed by atoms with Crippen molar-refractivity contribution >= 4 is 12.0 Å². The third kappa shape index (κ3) is 3.62. The second kappa shape index (κ2) is 6.17. The molecule has 0 spiro atoms. The molecule has 2 N–H and O–H groups in total. The lowest BCUT2D eigenvalue weighted by molar-refractivity contribution is -0.153. The second-order valence-electron chi connectivity index (χ2n) is 6.09. The summed E-state index contributed by atoms with van der Waals surface area (Å²) in [6, 6.07) is 8.36. The topological polar surface area (TPSA) is 85.9 Å². The summed E-state index contributed by atoms with van der Waals surface area (Å²) < 4.78 is 16.3. The molecule has 0 bridgehead atoms. The molecule has 0 aromatic heterocycles. The van der Waals surface area contributed by atoms with E-state index in [2.05, 4.69) is 10.6 Å². The van der Waals surface area contributed by atoms with Crippen molar-refractivity contribution in [3.05, 3.63) is 35.9 Å². The van der Waals surface area contributed by atoms with Crippen LogP contribution in [0, 0.1) is 0 Å². The maximum atomic E-state index is 11.9. The number of nitrogens with one attached hydrogen (secondary N) is 2. The highest BCUT2D eigenvalue weighted by atomic mass is 16.7. The largest absolute Gasteiger partial charge is 0.445 e. The first-order valence-electron chi connectivity index (χ1n) is 7.54. The first-order valence-corrected chi connectivity index (χ1v) is 7.54. The summed E-state index contributed by atoms with van der Waals surface area (Å²) in [4.78, 5) is 23.6. The van der Waals surface area contributed by atoms with Gasteiger partial charge >= 0.3 is 6.09 Å². The molecule has 124 valence electrons. The monoisotopic (exact) mass is 320 g/mol. The summed E-state index contributed by atoms with van der Waals surface area (Å²) in [6.45, 7) is 4.14. The molecule has 0 radical (unpaired) electrons. The van der Waals surface area contributed by atoms with Crippen LogP contribution in [0.25, 0.3) is 0 Å². The first kappa shape index (κ1) is 15.8. The van der Waals surface area contributed by atoms with E-state index in [0.29, 0.717) is 6.61 Å². The minimum atomic E-state index is -0.677. The van der Waals surface area contributed by atoms with E-state index < -0.39 is 17.9 Å². The van der Waals surface area contributed by atoms with E-state index in [0.717, 1.165) is 5.56 Å². The zero-order valence-electron chi connectivity index (χ0n) is 13.1. The van der Waals surface area contributed by atoms with Crippen LogP contribution in [0.5, 0.6) is 0 Å². The number of β-lactam (4-membered cyclic amide) rings is 1.